The van der Waals surface area contributed by atoms with Crippen LogP contribution in [0.1, 0.15) is 13.8 Å². The fraction of sp³-hybridized carbons (Fsp3) is 0.700. The number of ether oxygens (including phenoxy) is 1. The fourth-order valence-electron chi connectivity index (χ4n) is 2.44. The summed E-state index contributed by atoms with van der Waals surface area (Å²) >= 11 is 1.21. The van der Waals surface area contributed by atoms with Crippen molar-refractivity contribution in [1.29, 1.82) is 0 Å². The lowest BCUT2D eigenvalue weighted by molar-refractivity contribution is -0.176. The largest absolute Gasteiger partial charge is 0.480 e. The molecule has 2 aliphatic heterocycles. The van der Waals surface area contributed by atoms with E-state index in [9.17, 15) is 19.5 Å². The average molecular weight is 274 g/mol. The smallest absolute Gasteiger partial charge is 0.338 e. The Hall–Kier alpha value is -1.28. The highest BCUT2D eigenvalue weighted by Crippen LogP contribution is 2.54. The average Bonchev–Trinajstić information content (AvgIpc) is 2.56. The van der Waals surface area contributed by atoms with E-state index in [1.54, 1.807) is 13.8 Å². The number of hydrogen-bond donors (Lipinski definition) is 2. The molecule has 0 radical (unpaired) electrons. The van der Waals surface area contributed by atoms with E-state index in [2.05, 4.69) is 4.74 Å². The second-order valence-electron chi connectivity index (χ2n) is 4.89. The molecule has 2 fully saturated rings. The van der Waals surface area contributed by atoms with Crippen LogP contribution in [0.15, 0.2) is 0 Å². The molecule has 3 N–H and O–H groups in total. The zero-order chi connectivity index (χ0) is 13.9. The number of nitrogens with zero attached hydrogens (tertiary/aromatic N) is 1. The van der Waals surface area contributed by atoms with E-state index < -0.39 is 39.5 Å². The highest BCUT2D eigenvalue weighted by Gasteiger charge is 2.73. The first kappa shape index (κ1) is 13.2. The number of thioether (sulfide) groups is 1. The van der Waals surface area contributed by atoms with Crippen LogP contribution in [-0.2, 0) is 19.1 Å². The topological polar surface area (TPSA) is 110 Å². The van der Waals surface area contributed by atoms with Crippen LogP contribution >= 0.6 is 11.8 Å². The molecule has 0 aliphatic carbocycles. The normalized spacial score (nSPS) is 36.9. The lowest BCUT2D eigenvalue weighted by atomic mass is 9.85. The Labute approximate surface area is 108 Å². The molecule has 0 bridgehead atoms. The van der Waals surface area contributed by atoms with Gasteiger partial charge in [-0.2, -0.15) is 0 Å². The van der Waals surface area contributed by atoms with Crippen LogP contribution in [0.25, 0.3) is 0 Å². The fourth-order valence-corrected chi connectivity index (χ4v) is 4.07. The van der Waals surface area contributed by atoms with Crippen molar-refractivity contribution in [3.63, 3.8) is 0 Å². The van der Waals surface area contributed by atoms with Crippen molar-refractivity contribution in [2.24, 2.45) is 5.73 Å². The van der Waals surface area contributed by atoms with Crippen molar-refractivity contribution < 1.29 is 24.2 Å². The van der Waals surface area contributed by atoms with Gasteiger partial charge in [0.2, 0.25) is 5.54 Å². The number of carbonyl (C=O) groups is 3. The standard InChI is InChI=1S/C10H14N2O5S/c1-9(2)4(5(13)14)12-6(15)10(11,7(12)18-9)8(16)17-3/h4,7H,11H2,1-3H3,(H,13,14)/t4-,7+,10?/m0/s1. The molecule has 0 aromatic carbocycles. The van der Waals surface area contributed by atoms with Gasteiger partial charge in [-0.1, -0.05) is 0 Å². The third-order valence-corrected chi connectivity index (χ3v) is 4.99. The van der Waals surface area contributed by atoms with E-state index in [-0.39, 0.29) is 0 Å². The molecule has 0 aromatic heterocycles. The maximum absolute atomic E-state index is 12.0. The van der Waals surface area contributed by atoms with Gasteiger partial charge in [-0.15, -0.1) is 11.8 Å². The second kappa shape index (κ2) is 3.61. The zero-order valence-electron chi connectivity index (χ0n) is 10.2. The van der Waals surface area contributed by atoms with Crippen molar-refractivity contribution in [1.82, 2.24) is 4.90 Å². The quantitative estimate of drug-likeness (QED) is 0.377. The van der Waals surface area contributed by atoms with Gasteiger partial charge in [0, 0.05) is 4.75 Å². The Morgan fingerprint density at radius 2 is 2.06 bits per heavy atom. The predicted molar refractivity (Wildman–Crippen MR) is 62.7 cm³/mol. The van der Waals surface area contributed by atoms with Crippen LogP contribution in [0, 0.1) is 0 Å². The lowest BCUT2D eigenvalue weighted by Crippen LogP contribution is -2.81. The molecule has 2 rings (SSSR count). The summed E-state index contributed by atoms with van der Waals surface area (Å²) < 4.78 is 3.82. The maximum Gasteiger partial charge on any atom is 0.338 e. The molecule has 2 heterocycles. The third-order valence-electron chi connectivity index (χ3n) is 3.34. The van der Waals surface area contributed by atoms with Crippen molar-refractivity contribution in [3.05, 3.63) is 0 Å². The van der Waals surface area contributed by atoms with Crippen molar-refractivity contribution in [3.8, 4) is 0 Å². The Bertz CT molecular complexity index is 452. The number of carboxylic acids is 1. The van der Waals surface area contributed by atoms with Gasteiger partial charge < -0.3 is 20.5 Å². The minimum atomic E-state index is -1.76. The van der Waals surface area contributed by atoms with E-state index in [1.165, 1.54) is 11.8 Å². The number of nitrogens with two attached hydrogens (primary N) is 1. The molecule has 0 spiro atoms. The molecule has 1 unspecified atom stereocenters. The van der Waals surface area contributed by atoms with E-state index >= 15 is 0 Å². The van der Waals surface area contributed by atoms with Gasteiger partial charge in [0.15, 0.2) is 0 Å². The van der Waals surface area contributed by atoms with E-state index in [0.29, 0.717) is 0 Å². The molecule has 18 heavy (non-hydrogen) atoms. The number of rotatable bonds is 2. The van der Waals surface area contributed by atoms with Crippen LogP contribution in [0.2, 0.25) is 0 Å². The van der Waals surface area contributed by atoms with Crippen LogP contribution in [0.3, 0.4) is 0 Å². The van der Waals surface area contributed by atoms with Crippen LogP contribution in [0.4, 0.5) is 0 Å². The summed E-state index contributed by atoms with van der Waals surface area (Å²) in [5.41, 5.74) is 4.03. The minimum Gasteiger partial charge on any atom is -0.480 e. The Balaban J connectivity index is 2.38. The number of hydrogen-bond acceptors (Lipinski definition) is 6. The molecule has 3 atom stereocenters. The summed E-state index contributed by atoms with van der Waals surface area (Å²) in [5, 5.41) is 8.50. The highest BCUT2D eigenvalue weighted by atomic mass is 32.2. The monoisotopic (exact) mass is 274 g/mol. The molecule has 1 amide bonds. The van der Waals surface area contributed by atoms with Crippen molar-refractivity contribution >= 4 is 29.6 Å². The van der Waals surface area contributed by atoms with E-state index in [4.69, 9.17) is 5.73 Å². The number of methoxy groups -OCH3 is 1. The zero-order valence-corrected chi connectivity index (χ0v) is 11.0. The molecule has 100 valence electrons. The summed E-state index contributed by atoms with van der Waals surface area (Å²) in [6.07, 6.45) is 0. The first-order valence-electron chi connectivity index (χ1n) is 5.28. The van der Waals surface area contributed by atoms with Gasteiger partial charge >= 0.3 is 11.9 Å². The molecule has 0 saturated carbocycles. The van der Waals surface area contributed by atoms with Crippen molar-refractivity contribution in [2.75, 3.05) is 7.11 Å². The number of carboxylic acid groups (broad SMARTS) is 1. The Morgan fingerprint density at radius 3 is 2.50 bits per heavy atom. The van der Waals surface area contributed by atoms with Gasteiger partial charge in [-0.05, 0) is 13.8 Å². The Morgan fingerprint density at radius 1 is 1.50 bits per heavy atom. The maximum atomic E-state index is 12.0. The predicted octanol–water partition coefficient (Wildman–Crippen LogP) is -0.996. The van der Waals surface area contributed by atoms with Gasteiger partial charge in [0.05, 0.1) is 7.11 Å². The van der Waals surface area contributed by atoms with Crippen LogP contribution in [0.5, 0.6) is 0 Å². The van der Waals surface area contributed by atoms with Gasteiger partial charge in [0.1, 0.15) is 11.4 Å². The number of esters is 1. The van der Waals surface area contributed by atoms with Gasteiger partial charge in [0.25, 0.3) is 5.91 Å². The summed E-state index contributed by atoms with van der Waals surface area (Å²) in [4.78, 5) is 36.0. The molecule has 2 saturated heterocycles. The van der Waals surface area contributed by atoms with Crippen LogP contribution < -0.4 is 5.73 Å². The summed E-state index contributed by atoms with van der Waals surface area (Å²) in [5.74, 6) is -2.62. The third kappa shape index (κ3) is 1.33. The molecular formula is C10H14N2O5S. The van der Waals surface area contributed by atoms with Crippen LogP contribution in [-0.4, -0.2) is 56.7 Å². The second-order valence-corrected chi connectivity index (χ2v) is 6.62. The number of carbonyl (C=O) groups excluding carboxylic acids is 2. The number of aliphatic carboxylic acids is 1. The van der Waals surface area contributed by atoms with Crippen molar-refractivity contribution in [2.45, 2.75) is 35.5 Å². The number of β-lactam (4-membered cyclic amide) rings is 1. The molecule has 0 aromatic rings. The lowest BCUT2D eigenvalue weighted by Gasteiger charge is -2.48. The summed E-state index contributed by atoms with van der Waals surface area (Å²) in [6.45, 7) is 3.42. The van der Waals surface area contributed by atoms with E-state index in [0.717, 1.165) is 12.0 Å². The summed E-state index contributed by atoms with van der Waals surface area (Å²) in [7, 11) is 1.15. The highest BCUT2D eigenvalue weighted by molar-refractivity contribution is 8.01. The SMILES string of the molecule is COC(=O)C1(N)C(=O)N2[C@@H](C(=O)O)C(C)(C)S[C@@H]21. The van der Waals surface area contributed by atoms with Gasteiger partial charge in [-0.25, -0.2) is 9.59 Å². The Kier molecular flexibility index (Phi) is 2.64. The number of amides is 1. The molecular weight excluding hydrogens is 260 g/mol. The van der Waals surface area contributed by atoms with E-state index in [1.807, 2.05) is 0 Å². The van der Waals surface area contributed by atoms with Gasteiger partial charge in [-0.3, -0.25) is 4.79 Å². The first-order valence-corrected chi connectivity index (χ1v) is 6.16. The minimum absolute atomic E-state index is 0.687. The first-order chi connectivity index (χ1) is 8.17. The molecule has 2 aliphatic rings. The number of fused-ring (bicyclic) bond motifs is 1. The molecule has 7 nitrogen and oxygen atoms in total. The summed E-state index contributed by atoms with van der Waals surface area (Å²) in [6, 6.07) is -0.985. The molecule has 8 heteroatoms.